The number of rotatable bonds is 4. The summed E-state index contributed by atoms with van der Waals surface area (Å²) in [5.74, 6) is 0.749. The van der Waals surface area contributed by atoms with Crippen molar-refractivity contribution >= 4 is 16.7 Å². The number of H-pyrrole nitrogens is 1. The van der Waals surface area contributed by atoms with Crippen LogP contribution in [0.4, 0.5) is 5.82 Å². The second-order valence-corrected chi connectivity index (χ2v) is 5.46. The fourth-order valence-electron chi connectivity index (χ4n) is 2.71. The smallest absolute Gasteiger partial charge is 0.145 e. The number of aryl methyl sites for hydroxylation is 2. The first-order valence-electron chi connectivity index (χ1n) is 7.36. The molecule has 0 aliphatic carbocycles. The number of aromatic amines is 1. The van der Waals surface area contributed by atoms with Gasteiger partial charge in [0.25, 0.3) is 0 Å². The van der Waals surface area contributed by atoms with Gasteiger partial charge in [-0.15, -0.1) is 0 Å². The van der Waals surface area contributed by atoms with E-state index in [0.717, 1.165) is 24.3 Å². The van der Waals surface area contributed by atoms with Crippen LogP contribution in [0.3, 0.4) is 0 Å². The lowest BCUT2D eigenvalue weighted by Gasteiger charge is -2.07. The molecule has 2 N–H and O–H groups in total. The third-order valence-electron chi connectivity index (χ3n) is 3.90. The van der Waals surface area contributed by atoms with Gasteiger partial charge in [-0.05, 0) is 49.1 Å². The molecule has 0 fully saturated rings. The van der Waals surface area contributed by atoms with E-state index in [-0.39, 0.29) is 0 Å². The molecule has 0 saturated carbocycles. The van der Waals surface area contributed by atoms with E-state index < -0.39 is 0 Å². The molecule has 0 radical (unpaired) electrons. The average molecular weight is 290 g/mol. The molecule has 0 unspecified atom stereocenters. The van der Waals surface area contributed by atoms with Crippen molar-refractivity contribution in [3.05, 3.63) is 58.9 Å². The normalized spacial score (nSPS) is 10.6. The Labute approximate surface area is 129 Å². The second kappa shape index (κ2) is 5.90. The average Bonchev–Trinajstić information content (AvgIpc) is 2.93. The molecule has 1 aromatic carbocycles. The van der Waals surface area contributed by atoms with E-state index in [1.54, 1.807) is 0 Å². The Bertz CT molecular complexity index is 855. The van der Waals surface area contributed by atoms with Gasteiger partial charge in [0.05, 0.1) is 0 Å². The van der Waals surface area contributed by atoms with Crippen molar-refractivity contribution in [3.63, 3.8) is 0 Å². The molecule has 0 aliphatic heterocycles. The van der Waals surface area contributed by atoms with Gasteiger partial charge in [-0.25, -0.2) is 4.98 Å². The fourth-order valence-corrected chi connectivity index (χ4v) is 2.71. The Morgan fingerprint density at radius 1 is 1.18 bits per heavy atom. The molecule has 110 valence electrons. The Kier molecular flexibility index (Phi) is 3.80. The highest BCUT2D eigenvalue weighted by Crippen LogP contribution is 2.22. The van der Waals surface area contributed by atoms with E-state index in [9.17, 15) is 0 Å². The zero-order chi connectivity index (χ0) is 15.5. The van der Waals surface area contributed by atoms with Gasteiger partial charge in [-0.1, -0.05) is 18.2 Å². The van der Waals surface area contributed by atoms with Gasteiger partial charge in [0.1, 0.15) is 17.6 Å². The quantitative estimate of drug-likeness (QED) is 0.770. The van der Waals surface area contributed by atoms with Crippen LogP contribution in [0.25, 0.3) is 10.9 Å². The maximum atomic E-state index is 9.02. The number of fused-ring (bicyclic) bond motifs is 1. The summed E-state index contributed by atoms with van der Waals surface area (Å²) in [6.07, 6.45) is 2.98. The summed E-state index contributed by atoms with van der Waals surface area (Å²) in [6.45, 7) is 4.81. The number of nitriles is 1. The number of anilines is 1. The first-order chi connectivity index (χ1) is 10.7. The predicted octanol–water partition coefficient (Wildman–Crippen LogP) is 3.71. The molecule has 0 amide bonds. The van der Waals surface area contributed by atoms with E-state index in [4.69, 9.17) is 5.26 Å². The van der Waals surface area contributed by atoms with Crippen LogP contribution >= 0.6 is 0 Å². The summed E-state index contributed by atoms with van der Waals surface area (Å²) in [6, 6.07) is 12.2. The largest absolute Gasteiger partial charge is 0.370 e. The zero-order valence-corrected chi connectivity index (χ0v) is 12.8. The number of benzene rings is 1. The van der Waals surface area contributed by atoms with Crippen molar-refractivity contribution in [2.45, 2.75) is 20.3 Å². The highest BCUT2D eigenvalue weighted by molar-refractivity contribution is 5.86. The number of hydrogen-bond acceptors (Lipinski definition) is 3. The van der Waals surface area contributed by atoms with Gasteiger partial charge >= 0.3 is 0 Å². The van der Waals surface area contributed by atoms with Crippen molar-refractivity contribution in [3.8, 4) is 6.07 Å². The summed E-state index contributed by atoms with van der Waals surface area (Å²) >= 11 is 0. The molecule has 0 saturated heterocycles. The molecule has 4 heteroatoms. The van der Waals surface area contributed by atoms with Gasteiger partial charge < -0.3 is 10.3 Å². The highest BCUT2D eigenvalue weighted by Gasteiger charge is 2.06. The maximum Gasteiger partial charge on any atom is 0.145 e. The van der Waals surface area contributed by atoms with E-state index in [2.05, 4.69) is 52.7 Å². The highest BCUT2D eigenvalue weighted by atomic mass is 15.0. The van der Waals surface area contributed by atoms with Gasteiger partial charge in [0.2, 0.25) is 0 Å². The van der Waals surface area contributed by atoms with Crippen molar-refractivity contribution in [1.29, 1.82) is 5.26 Å². The summed E-state index contributed by atoms with van der Waals surface area (Å²) in [5.41, 5.74) is 5.14. The number of aromatic nitrogens is 2. The molecular weight excluding hydrogens is 272 g/mol. The fraction of sp³-hybridized carbons (Fsp3) is 0.222. The molecule has 3 rings (SSSR count). The molecule has 2 heterocycles. The monoisotopic (exact) mass is 290 g/mol. The summed E-state index contributed by atoms with van der Waals surface area (Å²) in [4.78, 5) is 7.63. The van der Waals surface area contributed by atoms with Gasteiger partial charge in [-0.3, -0.25) is 0 Å². The van der Waals surface area contributed by atoms with Crippen LogP contribution in [0.5, 0.6) is 0 Å². The molecule has 2 aromatic heterocycles. The van der Waals surface area contributed by atoms with Crippen LogP contribution in [0, 0.1) is 25.2 Å². The maximum absolute atomic E-state index is 9.02. The zero-order valence-electron chi connectivity index (χ0n) is 12.8. The van der Waals surface area contributed by atoms with Gasteiger partial charge in [-0.2, -0.15) is 5.26 Å². The van der Waals surface area contributed by atoms with Crippen molar-refractivity contribution < 1.29 is 0 Å². The second-order valence-electron chi connectivity index (χ2n) is 5.46. The van der Waals surface area contributed by atoms with Crippen LogP contribution in [0.15, 0.2) is 36.5 Å². The standard InChI is InChI=1S/C18H18N4/c1-12-6-7-17(22-16(12)10-19)20-9-8-14-11-21-15-5-3-4-13(2)18(14)15/h3-7,11,21H,8-9H2,1-2H3,(H,20,22). The van der Waals surface area contributed by atoms with Crippen molar-refractivity contribution in [2.75, 3.05) is 11.9 Å². The molecular formula is C18H18N4. The van der Waals surface area contributed by atoms with E-state index in [1.165, 1.54) is 22.0 Å². The molecule has 0 bridgehead atoms. The van der Waals surface area contributed by atoms with Crippen molar-refractivity contribution in [1.82, 2.24) is 9.97 Å². The summed E-state index contributed by atoms with van der Waals surface area (Å²) in [7, 11) is 0. The molecule has 0 atom stereocenters. The third kappa shape index (κ3) is 2.66. The SMILES string of the molecule is Cc1ccc(NCCc2c[nH]c3cccc(C)c23)nc1C#N. The Morgan fingerprint density at radius 3 is 2.86 bits per heavy atom. The van der Waals surface area contributed by atoms with E-state index in [0.29, 0.717) is 5.69 Å². The Hall–Kier alpha value is -2.80. The number of nitrogens with one attached hydrogen (secondary N) is 2. The van der Waals surface area contributed by atoms with E-state index >= 15 is 0 Å². The molecule has 4 nitrogen and oxygen atoms in total. The minimum Gasteiger partial charge on any atom is -0.370 e. The summed E-state index contributed by atoms with van der Waals surface area (Å²) < 4.78 is 0. The van der Waals surface area contributed by atoms with Crippen LogP contribution in [-0.4, -0.2) is 16.5 Å². The third-order valence-corrected chi connectivity index (χ3v) is 3.90. The van der Waals surface area contributed by atoms with Crippen LogP contribution in [-0.2, 0) is 6.42 Å². The molecule has 0 aliphatic rings. The van der Waals surface area contributed by atoms with Crippen LogP contribution < -0.4 is 5.32 Å². The lowest BCUT2D eigenvalue weighted by molar-refractivity contribution is 1.01. The minimum absolute atomic E-state index is 0.480. The number of nitrogens with zero attached hydrogens (tertiary/aromatic N) is 2. The minimum atomic E-state index is 0.480. The predicted molar refractivity (Wildman–Crippen MR) is 88.9 cm³/mol. The first kappa shape index (κ1) is 14.2. The van der Waals surface area contributed by atoms with Crippen molar-refractivity contribution in [2.24, 2.45) is 0 Å². The Morgan fingerprint density at radius 2 is 2.05 bits per heavy atom. The summed E-state index contributed by atoms with van der Waals surface area (Å²) in [5, 5.41) is 13.6. The van der Waals surface area contributed by atoms with E-state index in [1.807, 2.05) is 19.1 Å². The lowest BCUT2D eigenvalue weighted by atomic mass is 10.1. The number of hydrogen-bond donors (Lipinski definition) is 2. The Balaban J connectivity index is 1.72. The topological polar surface area (TPSA) is 64.5 Å². The van der Waals surface area contributed by atoms with Crippen LogP contribution in [0.2, 0.25) is 0 Å². The molecule has 22 heavy (non-hydrogen) atoms. The van der Waals surface area contributed by atoms with Gasteiger partial charge in [0.15, 0.2) is 0 Å². The molecule has 0 spiro atoms. The lowest BCUT2D eigenvalue weighted by Crippen LogP contribution is -2.07. The van der Waals surface area contributed by atoms with Crippen LogP contribution in [0.1, 0.15) is 22.4 Å². The first-order valence-corrected chi connectivity index (χ1v) is 7.36. The number of pyridine rings is 1. The molecule has 3 aromatic rings. The van der Waals surface area contributed by atoms with Gasteiger partial charge in [0, 0.05) is 23.6 Å².